The number of aryl methyl sites for hydroxylation is 2. The Morgan fingerprint density at radius 1 is 1.07 bits per heavy atom. The van der Waals surface area contributed by atoms with Gasteiger partial charge in [0.2, 0.25) is 0 Å². The Morgan fingerprint density at radius 2 is 1.83 bits per heavy atom. The molecule has 1 aliphatic rings. The maximum atomic E-state index is 13.5. The van der Waals surface area contributed by atoms with Gasteiger partial charge in [0, 0.05) is 24.7 Å². The van der Waals surface area contributed by atoms with Gasteiger partial charge in [0.15, 0.2) is 0 Å². The molecule has 0 radical (unpaired) electrons. The van der Waals surface area contributed by atoms with E-state index in [0.29, 0.717) is 25.1 Å². The van der Waals surface area contributed by atoms with Crippen molar-refractivity contribution in [3.05, 3.63) is 70.3 Å². The molecule has 3 nitrogen and oxygen atoms in total. The number of halogens is 2. The Labute approximate surface area is 172 Å². The lowest BCUT2D eigenvalue weighted by Gasteiger charge is -2.30. The van der Waals surface area contributed by atoms with Crippen molar-refractivity contribution in [2.45, 2.75) is 64.1 Å². The van der Waals surface area contributed by atoms with Crippen molar-refractivity contribution in [3.63, 3.8) is 0 Å². The third kappa shape index (κ3) is 5.84. The standard InChI is InChI=1S/C24H32F2N2O/c1-3-16-8-9-18-6-5-7-22(21(18)12-16)28-15-24(29)23(27-4-2)13-17-10-19(25)14-20(26)11-17/h8-12,14,22-24,27-29H,3-7,13,15H2,1-2H3/t22?,23-,24+/m0/s1. The van der Waals surface area contributed by atoms with Crippen LogP contribution in [0.4, 0.5) is 8.78 Å². The maximum absolute atomic E-state index is 13.5. The van der Waals surface area contributed by atoms with E-state index in [1.54, 1.807) is 0 Å². The number of hydrogen-bond donors (Lipinski definition) is 3. The number of aliphatic hydroxyl groups is 1. The molecule has 0 fully saturated rings. The maximum Gasteiger partial charge on any atom is 0.126 e. The van der Waals surface area contributed by atoms with Crippen LogP contribution in [0.2, 0.25) is 0 Å². The van der Waals surface area contributed by atoms with Crippen LogP contribution in [0.3, 0.4) is 0 Å². The smallest absolute Gasteiger partial charge is 0.126 e. The zero-order valence-corrected chi connectivity index (χ0v) is 17.3. The first-order valence-electron chi connectivity index (χ1n) is 10.7. The van der Waals surface area contributed by atoms with Gasteiger partial charge in [-0.2, -0.15) is 0 Å². The van der Waals surface area contributed by atoms with E-state index >= 15 is 0 Å². The number of fused-ring (bicyclic) bond motifs is 1. The third-order valence-corrected chi connectivity index (χ3v) is 5.81. The molecular weight excluding hydrogens is 370 g/mol. The van der Waals surface area contributed by atoms with E-state index in [1.807, 2.05) is 6.92 Å². The van der Waals surface area contributed by atoms with Crippen LogP contribution in [-0.4, -0.2) is 30.3 Å². The Kier molecular flexibility index (Phi) is 7.76. The van der Waals surface area contributed by atoms with Gasteiger partial charge < -0.3 is 15.7 Å². The van der Waals surface area contributed by atoms with E-state index in [2.05, 4.69) is 35.8 Å². The van der Waals surface area contributed by atoms with Crippen LogP contribution in [-0.2, 0) is 19.3 Å². The zero-order valence-electron chi connectivity index (χ0n) is 17.3. The summed E-state index contributed by atoms with van der Waals surface area (Å²) in [6, 6.07) is 10.2. The van der Waals surface area contributed by atoms with Crippen molar-refractivity contribution < 1.29 is 13.9 Å². The highest BCUT2D eigenvalue weighted by atomic mass is 19.1. The van der Waals surface area contributed by atoms with Crippen LogP contribution in [0, 0.1) is 11.6 Å². The molecule has 3 atom stereocenters. The first-order chi connectivity index (χ1) is 14.0. The third-order valence-electron chi connectivity index (χ3n) is 5.81. The zero-order chi connectivity index (χ0) is 20.8. The molecule has 3 N–H and O–H groups in total. The van der Waals surface area contributed by atoms with Crippen LogP contribution >= 0.6 is 0 Å². The topological polar surface area (TPSA) is 44.3 Å². The van der Waals surface area contributed by atoms with Gasteiger partial charge in [0.1, 0.15) is 11.6 Å². The Bertz CT molecular complexity index is 791. The second-order valence-electron chi connectivity index (χ2n) is 7.95. The van der Waals surface area contributed by atoms with Crippen LogP contribution in [0.5, 0.6) is 0 Å². The molecule has 3 rings (SSSR count). The number of nitrogens with one attached hydrogen (secondary N) is 2. The minimum absolute atomic E-state index is 0.230. The van der Waals surface area contributed by atoms with E-state index in [1.165, 1.54) is 28.8 Å². The summed E-state index contributed by atoms with van der Waals surface area (Å²) in [6.07, 6.45) is 3.99. The monoisotopic (exact) mass is 402 g/mol. The predicted molar refractivity (Wildman–Crippen MR) is 113 cm³/mol. The molecule has 0 aromatic heterocycles. The van der Waals surface area contributed by atoms with E-state index in [-0.39, 0.29) is 12.1 Å². The number of likely N-dealkylation sites (N-methyl/N-ethyl adjacent to an activating group) is 1. The quantitative estimate of drug-likeness (QED) is 0.592. The summed E-state index contributed by atoms with van der Waals surface area (Å²) in [4.78, 5) is 0. The Balaban J connectivity index is 1.66. The van der Waals surface area contributed by atoms with Crippen LogP contribution in [0.25, 0.3) is 0 Å². The average Bonchev–Trinajstić information content (AvgIpc) is 2.70. The molecular formula is C24H32F2N2O. The first-order valence-corrected chi connectivity index (χ1v) is 10.7. The first kappa shape index (κ1) is 21.9. The second-order valence-corrected chi connectivity index (χ2v) is 7.95. The van der Waals surface area contributed by atoms with Gasteiger partial charge in [0.05, 0.1) is 6.10 Å². The molecule has 0 amide bonds. The summed E-state index contributed by atoms with van der Waals surface area (Å²) in [5, 5.41) is 17.6. The summed E-state index contributed by atoms with van der Waals surface area (Å²) in [7, 11) is 0. The molecule has 29 heavy (non-hydrogen) atoms. The van der Waals surface area contributed by atoms with Crippen LogP contribution in [0.1, 0.15) is 55.0 Å². The minimum atomic E-state index is -0.666. The molecule has 1 unspecified atom stereocenters. The Morgan fingerprint density at radius 3 is 2.52 bits per heavy atom. The fourth-order valence-corrected chi connectivity index (χ4v) is 4.27. The summed E-state index contributed by atoms with van der Waals surface area (Å²) < 4.78 is 27.0. The second kappa shape index (κ2) is 10.3. The highest BCUT2D eigenvalue weighted by molar-refractivity contribution is 5.36. The van der Waals surface area contributed by atoms with Crippen molar-refractivity contribution in [2.24, 2.45) is 0 Å². The summed E-state index contributed by atoms with van der Waals surface area (Å²) in [5.74, 6) is -1.18. The van der Waals surface area contributed by atoms with Gasteiger partial charge in [-0.25, -0.2) is 8.78 Å². The summed E-state index contributed by atoms with van der Waals surface area (Å²) in [6.45, 7) is 5.22. The van der Waals surface area contributed by atoms with E-state index in [4.69, 9.17) is 0 Å². The van der Waals surface area contributed by atoms with Gasteiger partial charge in [-0.05, 0) is 73.0 Å². The molecule has 2 aromatic rings. The highest BCUT2D eigenvalue weighted by Crippen LogP contribution is 2.30. The fourth-order valence-electron chi connectivity index (χ4n) is 4.27. The molecule has 1 aliphatic carbocycles. The number of aliphatic hydroxyl groups excluding tert-OH is 1. The SMILES string of the molecule is CCN[C@@H](Cc1cc(F)cc(F)c1)[C@H](O)CNC1CCCc2ccc(CC)cc21. The van der Waals surface area contributed by atoms with Crippen molar-refractivity contribution in [2.75, 3.05) is 13.1 Å². The molecule has 0 bridgehead atoms. The lowest BCUT2D eigenvalue weighted by molar-refractivity contribution is 0.121. The van der Waals surface area contributed by atoms with Gasteiger partial charge in [0.25, 0.3) is 0 Å². The van der Waals surface area contributed by atoms with Crippen LogP contribution in [0.15, 0.2) is 36.4 Å². The average molecular weight is 403 g/mol. The van der Waals surface area contributed by atoms with Crippen LogP contribution < -0.4 is 10.6 Å². The summed E-state index contributed by atoms with van der Waals surface area (Å²) >= 11 is 0. The minimum Gasteiger partial charge on any atom is -0.390 e. The highest BCUT2D eigenvalue weighted by Gasteiger charge is 2.24. The molecule has 0 heterocycles. The van der Waals surface area contributed by atoms with Crippen molar-refractivity contribution in [1.29, 1.82) is 0 Å². The predicted octanol–water partition coefficient (Wildman–Crippen LogP) is 4.08. The molecule has 5 heteroatoms. The lowest BCUT2D eigenvalue weighted by Crippen LogP contribution is -2.47. The van der Waals surface area contributed by atoms with Crippen molar-refractivity contribution in [3.8, 4) is 0 Å². The van der Waals surface area contributed by atoms with Crippen molar-refractivity contribution in [1.82, 2.24) is 10.6 Å². The fraction of sp³-hybridized carbons (Fsp3) is 0.500. The van der Waals surface area contributed by atoms with E-state index < -0.39 is 17.7 Å². The molecule has 2 aromatic carbocycles. The lowest BCUT2D eigenvalue weighted by atomic mass is 9.86. The largest absolute Gasteiger partial charge is 0.390 e. The molecule has 0 saturated carbocycles. The van der Waals surface area contributed by atoms with Gasteiger partial charge >= 0.3 is 0 Å². The van der Waals surface area contributed by atoms with Gasteiger partial charge in [-0.15, -0.1) is 0 Å². The van der Waals surface area contributed by atoms with E-state index in [0.717, 1.165) is 31.7 Å². The van der Waals surface area contributed by atoms with Gasteiger partial charge in [-0.1, -0.05) is 32.0 Å². The molecule has 0 saturated heterocycles. The van der Waals surface area contributed by atoms with Gasteiger partial charge in [-0.3, -0.25) is 0 Å². The number of hydrogen-bond acceptors (Lipinski definition) is 3. The molecule has 158 valence electrons. The van der Waals surface area contributed by atoms with Crippen molar-refractivity contribution >= 4 is 0 Å². The molecule has 0 spiro atoms. The normalized spacial score (nSPS) is 18.3. The Hall–Kier alpha value is -1.82. The molecule has 0 aliphatic heterocycles. The summed E-state index contributed by atoms with van der Waals surface area (Å²) in [5.41, 5.74) is 4.61. The number of rotatable bonds is 9. The van der Waals surface area contributed by atoms with E-state index in [9.17, 15) is 13.9 Å². The number of benzene rings is 2.